The van der Waals surface area contributed by atoms with Gasteiger partial charge in [0.1, 0.15) is 11.6 Å². The molecule has 11 heteroatoms. The van der Waals surface area contributed by atoms with E-state index in [1.54, 1.807) is 31.2 Å². The highest BCUT2D eigenvalue weighted by molar-refractivity contribution is 6.31. The first-order valence-corrected chi connectivity index (χ1v) is 13.0. The average Bonchev–Trinajstić information content (AvgIpc) is 3.69. The number of carbonyl (C=O) groups is 2. The zero-order chi connectivity index (χ0) is 26.8. The van der Waals surface area contributed by atoms with Gasteiger partial charge in [0.05, 0.1) is 18.1 Å². The first-order chi connectivity index (χ1) is 18.3. The van der Waals surface area contributed by atoms with E-state index in [1.807, 2.05) is 9.80 Å². The Morgan fingerprint density at radius 3 is 2.58 bits per heavy atom. The fourth-order valence-electron chi connectivity index (χ4n) is 4.51. The lowest BCUT2D eigenvalue weighted by atomic mass is 10.1. The first-order valence-electron chi connectivity index (χ1n) is 12.6. The summed E-state index contributed by atoms with van der Waals surface area (Å²) in [5, 5.41) is 7.59. The van der Waals surface area contributed by atoms with Gasteiger partial charge in [-0.05, 0) is 37.1 Å². The highest BCUT2D eigenvalue weighted by Gasteiger charge is 2.35. The number of aromatic nitrogens is 2. The number of amides is 2. The van der Waals surface area contributed by atoms with Gasteiger partial charge in [0.15, 0.2) is 0 Å². The van der Waals surface area contributed by atoms with Crippen molar-refractivity contribution in [3.63, 3.8) is 0 Å². The van der Waals surface area contributed by atoms with E-state index < -0.39 is 11.6 Å². The summed E-state index contributed by atoms with van der Waals surface area (Å²) in [4.78, 5) is 31.2. The highest BCUT2D eigenvalue weighted by Crippen LogP contribution is 2.31. The number of carbonyl (C=O) groups excluding carboxylic acids is 2. The second kappa shape index (κ2) is 11.2. The zero-order valence-corrected chi connectivity index (χ0v) is 21.8. The molecule has 0 N–H and O–H groups in total. The molecule has 0 radical (unpaired) electrons. The molecule has 0 spiro atoms. The van der Waals surface area contributed by atoms with E-state index in [1.165, 1.54) is 17.0 Å². The molecular weight excluding hydrogens is 516 g/mol. The van der Waals surface area contributed by atoms with Crippen LogP contribution in [0, 0.1) is 18.7 Å². The quantitative estimate of drug-likeness (QED) is 0.517. The van der Waals surface area contributed by atoms with Crippen LogP contribution in [-0.4, -0.2) is 69.4 Å². The first kappa shape index (κ1) is 26.2. The molecule has 2 aliphatic carbocycles. The Morgan fingerprint density at radius 1 is 1.16 bits per heavy atom. The van der Waals surface area contributed by atoms with E-state index in [2.05, 4.69) is 10.2 Å². The summed E-state index contributed by atoms with van der Waals surface area (Å²) >= 11 is 6.11. The fourth-order valence-corrected chi connectivity index (χ4v) is 4.70. The monoisotopic (exact) mass is 543 g/mol. The van der Waals surface area contributed by atoms with Crippen molar-refractivity contribution in [1.82, 2.24) is 24.9 Å². The number of hydrogen-bond acceptors (Lipinski definition) is 6. The summed E-state index contributed by atoms with van der Waals surface area (Å²) in [5.74, 6) is -0.419. The van der Waals surface area contributed by atoms with Gasteiger partial charge in [-0.1, -0.05) is 23.7 Å². The number of aryl methyl sites for hydroxylation is 1. The van der Waals surface area contributed by atoms with Gasteiger partial charge in [-0.15, -0.1) is 10.2 Å². The van der Waals surface area contributed by atoms with E-state index in [9.17, 15) is 14.0 Å². The largest absolute Gasteiger partial charge is 0.421 e. The molecule has 2 aromatic rings. The van der Waals surface area contributed by atoms with Crippen molar-refractivity contribution in [3.8, 4) is 11.5 Å². The minimum atomic E-state index is -0.547. The Labute approximate surface area is 224 Å². The maximum atomic E-state index is 15.2. The number of piperazine rings is 1. The molecule has 1 saturated heterocycles. The average molecular weight is 544 g/mol. The second-order valence-electron chi connectivity index (χ2n) is 9.72. The molecule has 200 valence electrons. The van der Waals surface area contributed by atoms with Crippen LogP contribution in [0.1, 0.15) is 30.7 Å². The number of nitrogens with zero attached hydrogens (tertiary/aromatic N) is 5. The van der Waals surface area contributed by atoms with Gasteiger partial charge in [-0.3, -0.25) is 14.5 Å². The number of allylic oxidation sites excluding steroid dienone is 5. The predicted octanol–water partition coefficient (Wildman–Crippen LogP) is 4.33. The summed E-state index contributed by atoms with van der Waals surface area (Å²) in [7, 11) is 0. The molecule has 38 heavy (non-hydrogen) atoms. The Hall–Kier alpha value is -3.37. The van der Waals surface area contributed by atoms with Gasteiger partial charge in [-0.2, -0.15) is 0 Å². The van der Waals surface area contributed by atoms with Crippen LogP contribution in [0.5, 0.6) is 0 Å². The summed E-state index contributed by atoms with van der Waals surface area (Å²) in [6.07, 6.45) is 6.50. The topological polar surface area (TPSA) is 82.8 Å². The van der Waals surface area contributed by atoms with Gasteiger partial charge in [0.2, 0.25) is 23.6 Å². The van der Waals surface area contributed by atoms with Gasteiger partial charge in [0.25, 0.3) is 0 Å². The van der Waals surface area contributed by atoms with Gasteiger partial charge in [0, 0.05) is 62.3 Å². The SMILES string of the molecule is Cc1nnc(-c2ccc(CN(C(=O)CN3CCN(C(=O)C4CC4)CC3)C3=CC(Cl)=C(F)CC=C3)c(F)c2)o1. The smallest absolute Gasteiger partial charge is 0.247 e. The van der Waals surface area contributed by atoms with E-state index in [0.717, 1.165) is 12.8 Å². The van der Waals surface area contributed by atoms with Crippen LogP contribution in [0.3, 0.4) is 0 Å². The highest BCUT2D eigenvalue weighted by atomic mass is 35.5. The molecule has 5 rings (SSSR count). The minimum absolute atomic E-state index is 0.00447. The van der Waals surface area contributed by atoms with Crippen LogP contribution in [0.25, 0.3) is 11.5 Å². The second-order valence-corrected chi connectivity index (χ2v) is 10.1. The summed E-state index contributed by atoms with van der Waals surface area (Å²) in [6, 6.07) is 4.49. The van der Waals surface area contributed by atoms with Crippen molar-refractivity contribution < 1.29 is 22.8 Å². The van der Waals surface area contributed by atoms with Crippen LogP contribution in [-0.2, 0) is 16.1 Å². The molecule has 3 aliphatic rings. The predicted molar refractivity (Wildman–Crippen MR) is 137 cm³/mol. The van der Waals surface area contributed by atoms with Crippen LogP contribution < -0.4 is 0 Å². The molecule has 8 nitrogen and oxygen atoms in total. The van der Waals surface area contributed by atoms with Crippen LogP contribution >= 0.6 is 11.6 Å². The van der Waals surface area contributed by atoms with E-state index in [0.29, 0.717) is 43.3 Å². The van der Waals surface area contributed by atoms with Gasteiger partial charge in [-0.25, -0.2) is 8.78 Å². The van der Waals surface area contributed by atoms with Crippen LogP contribution in [0.2, 0.25) is 0 Å². The van der Waals surface area contributed by atoms with Crippen molar-refractivity contribution in [2.45, 2.75) is 32.7 Å². The Kier molecular flexibility index (Phi) is 7.71. The van der Waals surface area contributed by atoms with Crippen LogP contribution in [0.15, 0.2) is 57.4 Å². The van der Waals surface area contributed by atoms with Crippen molar-refractivity contribution in [3.05, 3.63) is 70.3 Å². The van der Waals surface area contributed by atoms with Crippen molar-refractivity contribution in [2.75, 3.05) is 32.7 Å². The third-order valence-corrected chi connectivity index (χ3v) is 7.17. The lowest BCUT2D eigenvalue weighted by Crippen LogP contribution is -2.51. The standard InChI is InChI=1S/C27H28ClF2N5O3/c1-17-31-32-26(38-17)19-7-8-20(24(30)13-19)15-35(21-3-2-4-23(29)22(28)14-21)25(36)16-33-9-11-34(12-10-33)27(37)18-5-6-18/h2-3,7-8,13-14,18H,4-6,9-12,15-16H2,1H3. The number of rotatable bonds is 7. The van der Waals surface area contributed by atoms with E-state index >= 15 is 4.39 Å². The molecule has 1 saturated carbocycles. The van der Waals surface area contributed by atoms with E-state index in [4.69, 9.17) is 16.0 Å². The lowest BCUT2D eigenvalue weighted by Gasteiger charge is -2.35. The third kappa shape index (κ3) is 6.02. The Balaban J connectivity index is 1.34. The normalized spacial score (nSPS) is 18.4. The molecule has 0 bridgehead atoms. The van der Waals surface area contributed by atoms with Crippen molar-refractivity contribution in [1.29, 1.82) is 0 Å². The Bertz CT molecular complexity index is 1330. The molecule has 1 aromatic carbocycles. The maximum absolute atomic E-state index is 15.2. The summed E-state index contributed by atoms with van der Waals surface area (Å²) in [6.45, 7) is 3.89. The lowest BCUT2D eigenvalue weighted by molar-refractivity contribution is -0.135. The summed E-state index contributed by atoms with van der Waals surface area (Å²) < 4.78 is 34.7. The number of hydrogen-bond donors (Lipinski definition) is 0. The van der Waals surface area contributed by atoms with Gasteiger partial charge >= 0.3 is 0 Å². The third-order valence-electron chi connectivity index (χ3n) is 6.86. The number of benzene rings is 1. The van der Waals surface area contributed by atoms with E-state index in [-0.39, 0.29) is 53.7 Å². The molecule has 0 unspecified atom stereocenters. The molecule has 2 heterocycles. The molecule has 2 fully saturated rings. The molecular formula is C27H28ClF2N5O3. The Morgan fingerprint density at radius 2 is 1.92 bits per heavy atom. The summed E-state index contributed by atoms with van der Waals surface area (Å²) in [5.41, 5.74) is 1.05. The minimum Gasteiger partial charge on any atom is -0.421 e. The maximum Gasteiger partial charge on any atom is 0.247 e. The molecule has 1 aliphatic heterocycles. The fraction of sp³-hybridized carbons (Fsp3) is 0.407. The van der Waals surface area contributed by atoms with Gasteiger partial charge < -0.3 is 14.2 Å². The number of halogens is 3. The van der Waals surface area contributed by atoms with Crippen LogP contribution in [0.4, 0.5) is 8.78 Å². The molecule has 0 atom stereocenters. The molecule has 1 aromatic heterocycles. The molecule has 2 amide bonds. The van der Waals surface area contributed by atoms with Crippen molar-refractivity contribution >= 4 is 23.4 Å². The van der Waals surface area contributed by atoms with Crippen molar-refractivity contribution in [2.24, 2.45) is 5.92 Å². The zero-order valence-electron chi connectivity index (χ0n) is 21.0.